The van der Waals surface area contributed by atoms with E-state index in [2.05, 4.69) is 15.5 Å². The Hall–Kier alpha value is -2.15. The van der Waals surface area contributed by atoms with Crippen molar-refractivity contribution in [2.24, 2.45) is 0 Å². The number of rotatable bonds is 5. The molecule has 1 heterocycles. The van der Waals surface area contributed by atoms with Crippen LogP contribution in [0, 0.1) is 0 Å². The van der Waals surface area contributed by atoms with Crippen molar-refractivity contribution < 1.29 is 19.1 Å². The summed E-state index contributed by atoms with van der Waals surface area (Å²) in [7, 11) is 1.62. The van der Waals surface area contributed by atoms with Gasteiger partial charge in [-0.3, -0.25) is 4.79 Å². The lowest BCUT2D eigenvalue weighted by atomic mass is 10.2. The zero-order chi connectivity index (χ0) is 20.2. The molecule has 0 bridgehead atoms. The van der Waals surface area contributed by atoms with Crippen LogP contribution in [0.3, 0.4) is 0 Å². The molecule has 1 aromatic carbocycles. The molecular weight excluding hydrogens is 370 g/mol. The van der Waals surface area contributed by atoms with Crippen molar-refractivity contribution in [3.05, 3.63) is 23.2 Å². The summed E-state index contributed by atoms with van der Waals surface area (Å²) in [6, 6.07) is 4.76. The van der Waals surface area contributed by atoms with Crippen molar-refractivity contribution in [3.63, 3.8) is 0 Å². The summed E-state index contributed by atoms with van der Waals surface area (Å²) < 4.78 is 10.6. The highest BCUT2D eigenvalue weighted by Crippen LogP contribution is 2.33. The number of carbonyl (C=O) groups excluding carboxylic acids is 2. The van der Waals surface area contributed by atoms with E-state index in [1.54, 1.807) is 40.9 Å². The first-order valence-electron chi connectivity index (χ1n) is 8.97. The lowest BCUT2D eigenvalue weighted by Crippen LogP contribution is -2.49. The molecule has 150 valence electrons. The molecule has 2 N–H and O–H groups in total. The Morgan fingerprint density at radius 1 is 1.33 bits per heavy atom. The van der Waals surface area contributed by atoms with Gasteiger partial charge >= 0.3 is 6.09 Å². The summed E-state index contributed by atoms with van der Waals surface area (Å²) in [5.41, 5.74) is 0.295. The first kappa shape index (κ1) is 21.2. The molecule has 1 aromatic rings. The summed E-state index contributed by atoms with van der Waals surface area (Å²) in [6.07, 6.45) is 0.183. The molecule has 1 fully saturated rings. The monoisotopic (exact) mass is 397 g/mol. The lowest BCUT2D eigenvalue weighted by Gasteiger charge is -2.23. The highest BCUT2D eigenvalue weighted by atomic mass is 35.5. The summed E-state index contributed by atoms with van der Waals surface area (Å²) in [4.78, 5) is 26.3. The minimum Gasteiger partial charge on any atom is -0.495 e. The van der Waals surface area contributed by atoms with Crippen LogP contribution in [-0.2, 0) is 9.53 Å². The molecule has 27 heavy (non-hydrogen) atoms. The van der Waals surface area contributed by atoms with Crippen molar-refractivity contribution in [1.29, 1.82) is 0 Å². The predicted octanol–water partition coefficient (Wildman–Crippen LogP) is 2.96. The fourth-order valence-corrected chi connectivity index (χ4v) is 3.05. The van der Waals surface area contributed by atoms with Crippen molar-refractivity contribution in [3.8, 4) is 5.75 Å². The Morgan fingerprint density at radius 2 is 2.04 bits per heavy atom. The molecule has 0 aromatic heterocycles. The van der Waals surface area contributed by atoms with E-state index < -0.39 is 17.7 Å². The van der Waals surface area contributed by atoms with Crippen LogP contribution in [0.15, 0.2) is 18.2 Å². The van der Waals surface area contributed by atoms with E-state index in [9.17, 15) is 9.59 Å². The summed E-state index contributed by atoms with van der Waals surface area (Å²) >= 11 is 6.10. The molecule has 1 aliphatic heterocycles. The maximum atomic E-state index is 12.4. The minimum atomic E-state index is -0.686. The van der Waals surface area contributed by atoms with E-state index in [1.165, 1.54) is 0 Å². The van der Waals surface area contributed by atoms with Gasteiger partial charge in [-0.1, -0.05) is 11.6 Å². The highest BCUT2D eigenvalue weighted by molar-refractivity contribution is 6.30. The second-order valence-electron chi connectivity index (χ2n) is 7.62. The molecular formula is C19H28ClN3O4. The van der Waals surface area contributed by atoms with Gasteiger partial charge in [-0.2, -0.15) is 0 Å². The summed E-state index contributed by atoms with van der Waals surface area (Å²) in [5.74, 6) is 0.497. The third-order valence-corrected chi connectivity index (χ3v) is 4.38. The zero-order valence-corrected chi connectivity index (χ0v) is 17.2. The zero-order valence-electron chi connectivity index (χ0n) is 16.5. The van der Waals surface area contributed by atoms with Crippen LogP contribution in [0.2, 0.25) is 5.02 Å². The van der Waals surface area contributed by atoms with Crippen molar-refractivity contribution in [2.75, 3.05) is 25.1 Å². The highest BCUT2D eigenvalue weighted by Gasteiger charge is 2.28. The Labute approximate surface area is 165 Å². The number of benzene rings is 1. The Kier molecular flexibility index (Phi) is 6.81. The molecule has 7 nitrogen and oxygen atoms in total. The standard InChI is InChI=1S/C19H28ClN3O4/c1-12(21-18(25)27-19(2,3)4)17(24)22-14-8-9-23(11-14)15-10-13(20)6-7-16(15)26-5/h6-7,10,12,14H,8-9,11H2,1-5H3,(H,21,25)(H,22,24). The molecule has 1 saturated heterocycles. The van der Waals surface area contributed by atoms with Gasteiger partial charge in [0.1, 0.15) is 17.4 Å². The number of alkyl carbamates (subject to hydrolysis) is 1. The van der Waals surface area contributed by atoms with E-state index in [1.807, 2.05) is 12.1 Å². The Bertz CT molecular complexity index is 690. The quantitative estimate of drug-likeness (QED) is 0.798. The molecule has 1 aliphatic rings. The predicted molar refractivity (Wildman–Crippen MR) is 106 cm³/mol. The first-order chi connectivity index (χ1) is 12.6. The van der Waals surface area contributed by atoms with Gasteiger partial charge in [0.05, 0.1) is 12.8 Å². The van der Waals surface area contributed by atoms with Crippen molar-refractivity contribution >= 4 is 29.3 Å². The van der Waals surface area contributed by atoms with Gasteiger partial charge in [0.2, 0.25) is 5.91 Å². The number of hydrogen-bond acceptors (Lipinski definition) is 5. The molecule has 0 saturated carbocycles. The topological polar surface area (TPSA) is 79.9 Å². The van der Waals surface area contributed by atoms with Gasteiger partial charge in [0, 0.05) is 24.2 Å². The number of amides is 2. The molecule has 2 unspecified atom stereocenters. The smallest absolute Gasteiger partial charge is 0.408 e. The maximum absolute atomic E-state index is 12.4. The third-order valence-electron chi connectivity index (χ3n) is 4.14. The van der Waals surface area contributed by atoms with Crippen molar-refractivity contribution in [1.82, 2.24) is 10.6 Å². The number of hydrogen-bond donors (Lipinski definition) is 2. The van der Waals surface area contributed by atoms with Crippen LogP contribution in [0.25, 0.3) is 0 Å². The number of methoxy groups -OCH3 is 1. The minimum absolute atomic E-state index is 0.0240. The summed E-state index contributed by atoms with van der Waals surface area (Å²) in [6.45, 7) is 8.36. The Morgan fingerprint density at radius 3 is 2.67 bits per heavy atom. The molecule has 2 rings (SSSR count). The molecule has 0 spiro atoms. The molecule has 8 heteroatoms. The van der Waals surface area contributed by atoms with Crippen LogP contribution >= 0.6 is 11.6 Å². The van der Waals surface area contributed by atoms with Crippen LogP contribution < -0.4 is 20.3 Å². The van der Waals surface area contributed by atoms with Crippen LogP contribution in [-0.4, -0.2) is 49.9 Å². The van der Waals surface area contributed by atoms with Gasteiger partial charge in [0.25, 0.3) is 0 Å². The van der Waals surface area contributed by atoms with Gasteiger partial charge in [-0.05, 0) is 52.3 Å². The van der Waals surface area contributed by atoms with Crippen LogP contribution in [0.1, 0.15) is 34.1 Å². The number of anilines is 1. The van der Waals surface area contributed by atoms with Crippen molar-refractivity contribution in [2.45, 2.75) is 51.8 Å². The van der Waals surface area contributed by atoms with Gasteiger partial charge < -0.3 is 25.0 Å². The second-order valence-corrected chi connectivity index (χ2v) is 8.06. The lowest BCUT2D eigenvalue weighted by molar-refractivity contribution is -0.123. The average molecular weight is 398 g/mol. The van der Waals surface area contributed by atoms with Crippen LogP contribution in [0.5, 0.6) is 5.75 Å². The molecule has 0 radical (unpaired) electrons. The van der Waals surface area contributed by atoms with Gasteiger partial charge in [-0.25, -0.2) is 4.79 Å². The fraction of sp³-hybridized carbons (Fsp3) is 0.579. The van der Waals surface area contributed by atoms with E-state index >= 15 is 0 Å². The molecule has 2 amide bonds. The molecule has 2 atom stereocenters. The normalized spacial score (nSPS) is 18.0. The Balaban J connectivity index is 1.89. The average Bonchev–Trinajstić information content (AvgIpc) is 3.01. The van der Waals surface area contributed by atoms with Crippen LogP contribution in [0.4, 0.5) is 10.5 Å². The summed E-state index contributed by atoms with van der Waals surface area (Å²) in [5, 5.41) is 6.16. The van der Waals surface area contributed by atoms with E-state index in [4.69, 9.17) is 21.1 Å². The number of halogens is 1. The van der Waals surface area contributed by atoms with E-state index in [0.717, 1.165) is 24.4 Å². The van der Waals surface area contributed by atoms with Gasteiger partial charge in [0.15, 0.2) is 0 Å². The SMILES string of the molecule is COc1ccc(Cl)cc1N1CCC(NC(=O)C(C)NC(=O)OC(C)(C)C)C1. The number of carbonyl (C=O) groups is 2. The number of nitrogens with zero attached hydrogens (tertiary/aromatic N) is 1. The number of ether oxygens (including phenoxy) is 2. The van der Waals surface area contributed by atoms with Gasteiger partial charge in [-0.15, -0.1) is 0 Å². The van der Waals surface area contributed by atoms with E-state index in [-0.39, 0.29) is 11.9 Å². The van der Waals surface area contributed by atoms with E-state index in [0.29, 0.717) is 11.6 Å². The fourth-order valence-electron chi connectivity index (χ4n) is 2.88. The first-order valence-corrected chi connectivity index (χ1v) is 9.35. The third kappa shape index (κ3) is 6.20. The number of nitrogens with one attached hydrogen (secondary N) is 2. The second kappa shape index (κ2) is 8.69. The largest absolute Gasteiger partial charge is 0.495 e. The maximum Gasteiger partial charge on any atom is 0.408 e. The molecule has 0 aliphatic carbocycles.